The van der Waals surface area contributed by atoms with E-state index in [2.05, 4.69) is 20.9 Å². The van der Waals surface area contributed by atoms with E-state index in [0.717, 1.165) is 11.0 Å². The monoisotopic (exact) mass is 320 g/mol. The first-order valence-electron chi connectivity index (χ1n) is 5.58. The molecule has 1 atom stereocenters. The van der Waals surface area contributed by atoms with Crippen molar-refractivity contribution in [3.05, 3.63) is 30.1 Å². The largest absolute Gasteiger partial charge is 0.402 e. The smallest absolute Gasteiger partial charge is 0.327 e. The summed E-state index contributed by atoms with van der Waals surface area (Å²) in [5.74, 6) is 0.671. The van der Waals surface area contributed by atoms with Crippen molar-refractivity contribution in [2.75, 3.05) is 0 Å². The highest BCUT2D eigenvalue weighted by Crippen LogP contribution is 2.29. The normalized spacial score (nSPS) is 14.1. The van der Waals surface area contributed by atoms with Gasteiger partial charge in [-0.15, -0.1) is 0 Å². The number of aromatic nitrogens is 2. The van der Waals surface area contributed by atoms with Gasteiger partial charge in [0, 0.05) is 13.0 Å². The van der Waals surface area contributed by atoms with Crippen LogP contribution in [0.15, 0.2) is 24.3 Å². The third kappa shape index (κ3) is 2.53. The standard InChI is InChI=1S/C12H12BrF3N2/c1-2-11-17-8-5-3-4-6-9(8)18(11)7-10(13)12(14,15)16/h3-6,10H,2,7H2,1H3. The maximum Gasteiger partial charge on any atom is 0.402 e. The SMILES string of the molecule is CCc1nc2ccccc2n1CC(Br)C(F)(F)F. The van der Waals surface area contributed by atoms with E-state index in [1.54, 1.807) is 16.7 Å². The van der Waals surface area contributed by atoms with Crippen molar-refractivity contribution in [2.24, 2.45) is 0 Å². The molecule has 0 aliphatic rings. The lowest BCUT2D eigenvalue weighted by atomic mass is 10.3. The van der Waals surface area contributed by atoms with Crippen molar-refractivity contribution < 1.29 is 13.2 Å². The van der Waals surface area contributed by atoms with Crippen LogP contribution >= 0.6 is 15.9 Å². The molecule has 1 unspecified atom stereocenters. The topological polar surface area (TPSA) is 17.8 Å². The van der Waals surface area contributed by atoms with Gasteiger partial charge in [0.1, 0.15) is 10.7 Å². The van der Waals surface area contributed by atoms with Crippen molar-refractivity contribution in [3.63, 3.8) is 0 Å². The number of hydrogen-bond acceptors (Lipinski definition) is 1. The van der Waals surface area contributed by atoms with Crippen LogP contribution in [0.2, 0.25) is 0 Å². The fraction of sp³-hybridized carbons (Fsp3) is 0.417. The number of nitrogens with zero attached hydrogens (tertiary/aromatic N) is 2. The summed E-state index contributed by atoms with van der Waals surface area (Å²) >= 11 is 2.70. The average molecular weight is 321 g/mol. The molecule has 0 aliphatic carbocycles. The molecule has 98 valence electrons. The quantitative estimate of drug-likeness (QED) is 0.784. The van der Waals surface area contributed by atoms with Crippen LogP contribution in [0.3, 0.4) is 0 Å². The number of hydrogen-bond donors (Lipinski definition) is 0. The molecule has 0 bridgehead atoms. The second-order valence-corrected chi connectivity index (χ2v) is 5.10. The maximum atomic E-state index is 12.6. The van der Waals surface area contributed by atoms with Crippen LogP contribution in [-0.4, -0.2) is 20.6 Å². The number of aryl methyl sites for hydroxylation is 1. The first kappa shape index (κ1) is 13.4. The lowest BCUT2D eigenvalue weighted by Crippen LogP contribution is -2.28. The van der Waals surface area contributed by atoms with Crippen LogP contribution in [0.5, 0.6) is 0 Å². The Morgan fingerprint density at radius 2 is 2.00 bits per heavy atom. The fourth-order valence-corrected chi connectivity index (χ4v) is 2.15. The first-order valence-corrected chi connectivity index (χ1v) is 6.50. The van der Waals surface area contributed by atoms with Crippen molar-refractivity contribution in [1.82, 2.24) is 9.55 Å². The zero-order chi connectivity index (χ0) is 13.3. The molecule has 2 nitrogen and oxygen atoms in total. The first-order chi connectivity index (χ1) is 8.43. The molecule has 1 aromatic carbocycles. The Kier molecular flexibility index (Phi) is 3.66. The summed E-state index contributed by atoms with van der Waals surface area (Å²) in [6.07, 6.45) is -3.65. The minimum absolute atomic E-state index is 0.160. The van der Waals surface area contributed by atoms with Crippen LogP contribution in [0.25, 0.3) is 11.0 Å². The summed E-state index contributed by atoms with van der Waals surface area (Å²) in [5, 5.41) is 0. The molecule has 18 heavy (non-hydrogen) atoms. The molecule has 0 saturated heterocycles. The highest BCUT2D eigenvalue weighted by atomic mass is 79.9. The van der Waals surface area contributed by atoms with Gasteiger partial charge in [-0.05, 0) is 12.1 Å². The van der Waals surface area contributed by atoms with Gasteiger partial charge in [0.05, 0.1) is 11.0 Å². The zero-order valence-corrected chi connectivity index (χ0v) is 11.3. The van der Waals surface area contributed by atoms with Crippen molar-refractivity contribution in [3.8, 4) is 0 Å². The van der Waals surface area contributed by atoms with E-state index in [9.17, 15) is 13.2 Å². The molecular formula is C12H12BrF3N2. The van der Waals surface area contributed by atoms with E-state index in [-0.39, 0.29) is 6.54 Å². The Labute approximate surface area is 111 Å². The molecule has 0 radical (unpaired) electrons. The number of rotatable bonds is 3. The lowest BCUT2D eigenvalue weighted by Gasteiger charge is -2.16. The molecule has 0 N–H and O–H groups in total. The summed E-state index contributed by atoms with van der Waals surface area (Å²) < 4.78 is 39.4. The Balaban J connectivity index is 2.43. The number of halogens is 4. The van der Waals surface area contributed by atoms with Gasteiger partial charge >= 0.3 is 6.18 Å². The summed E-state index contributed by atoms with van der Waals surface area (Å²) in [5.41, 5.74) is 1.47. The molecule has 0 fully saturated rings. The van der Waals surface area contributed by atoms with E-state index in [1.807, 2.05) is 19.1 Å². The average Bonchev–Trinajstić information content (AvgIpc) is 2.66. The van der Waals surface area contributed by atoms with Gasteiger partial charge in [-0.1, -0.05) is 35.0 Å². The minimum atomic E-state index is -4.25. The number of fused-ring (bicyclic) bond motifs is 1. The molecule has 0 spiro atoms. The van der Waals surface area contributed by atoms with E-state index >= 15 is 0 Å². The minimum Gasteiger partial charge on any atom is -0.327 e. The van der Waals surface area contributed by atoms with Crippen molar-refractivity contribution in [2.45, 2.75) is 30.9 Å². The lowest BCUT2D eigenvalue weighted by molar-refractivity contribution is -0.129. The van der Waals surface area contributed by atoms with E-state index in [4.69, 9.17) is 0 Å². The van der Waals surface area contributed by atoms with Crippen LogP contribution in [0, 0.1) is 0 Å². The maximum absolute atomic E-state index is 12.6. The predicted molar refractivity (Wildman–Crippen MR) is 67.9 cm³/mol. The van der Waals surface area contributed by atoms with Crippen molar-refractivity contribution >= 4 is 27.0 Å². The summed E-state index contributed by atoms with van der Waals surface area (Å²) in [6.45, 7) is 1.72. The number of para-hydroxylation sites is 2. The second-order valence-electron chi connectivity index (χ2n) is 3.99. The molecular weight excluding hydrogens is 309 g/mol. The van der Waals surface area contributed by atoms with E-state index in [1.165, 1.54) is 0 Å². The summed E-state index contributed by atoms with van der Waals surface area (Å²) in [7, 11) is 0. The molecule has 6 heteroatoms. The van der Waals surface area contributed by atoms with Crippen LogP contribution < -0.4 is 0 Å². The third-order valence-corrected chi connectivity index (χ3v) is 3.56. The molecule has 2 aromatic rings. The highest BCUT2D eigenvalue weighted by molar-refractivity contribution is 9.09. The highest BCUT2D eigenvalue weighted by Gasteiger charge is 2.38. The van der Waals surface area contributed by atoms with Gasteiger partial charge < -0.3 is 4.57 Å². The number of imidazole rings is 1. The Morgan fingerprint density at radius 1 is 1.33 bits per heavy atom. The van der Waals surface area contributed by atoms with Gasteiger partial charge in [0.2, 0.25) is 0 Å². The van der Waals surface area contributed by atoms with Crippen LogP contribution in [-0.2, 0) is 13.0 Å². The molecule has 0 saturated carbocycles. The Morgan fingerprint density at radius 3 is 2.61 bits per heavy atom. The van der Waals surface area contributed by atoms with Crippen LogP contribution in [0.4, 0.5) is 13.2 Å². The third-order valence-electron chi connectivity index (χ3n) is 2.75. The van der Waals surface area contributed by atoms with Gasteiger partial charge in [0.25, 0.3) is 0 Å². The van der Waals surface area contributed by atoms with Gasteiger partial charge in [-0.25, -0.2) is 4.98 Å². The summed E-state index contributed by atoms with van der Waals surface area (Å²) in [4.78, 5) is 2.78. The summed E-state index contributed by atoms with van der Waals surface area (Å²) in [6, 6.07) is 7.23. The van der Waals surface area contributed by atoms with E-state index in [0.29, 0.717) is 12.2 Å². The fourth-order valence-electron chi connectivity index (χ4n) is 1.86. The van der Waals surface area contributed by atoms with E-state index < -0.39 is 11.0 Å². The van der Waals surface area contributed by atoms with Gasteiger partial charge in [-0.2, -0.15) is 13.2 Å². The molecule has 0 aliphatic heterocycles. The predicted octanol–water partition coefficient (Wildman–Crippen LogP) is 3.92. The molecule has 2 rings (SSSR count). The second kappa shape index (κ2) is 4.91. The molecule has 1 aromatic heterocycles. The number of benzene rings is 1. The Hall–Kier alpha value is -1.04. The Bertz CT molecular complexity index is 548. The van der Waals surface area contributed by atoms with Crippen LogP contribution in [0.1, 0.15) is 12.7 Å². The molecule has 1 heterocycles. The van der Waals surface area contributed by atoms with Crippen molar-refractivity contribution in [1.29, 1.82) is 0 Å². The molecule has 0 amide bonds. The van der Waals surface area contributed by atoms with Gasteiger partial charge in [0.15, 0.2) is 0 Å². The number of alkyl halides is 4. The zero-order valence-electron chi connectivity index (χ0n) is 9.71. The van der Waals surface area contributed by atoms with Gasteiger partial charge in [-0.3, -0.25) is 0 Å².